The van der Waals surface area contributed by atoms with Gasteiger partial charge in [0.25, 0.3) is 0 Å². The highest BCUT2D eigenvalue weighted by molar-refractivity contribution is 5.20. The number of rotatable bonds is 14. The summed E-state index contributed by atoms with van der Waals surface area (Å²) in [6.45, 7) is 82.6. The Kier molecular flexibility index (Phi) is 58.0. The van der Waals surface area contributed by atoms with Crippen molar-refractivity contribution in [2.75, 3.05) is 145 Å². The fourth-order valence-corrected chi connectivity index (χ4v) is 15.8. The van der Waals surface area contributed by atoms with Crippen LogP contribution in [0.4, 0.5) is 0 Å². The number of nitrogens with one attached hydrogen (secondary N) is 3. The minimum atomic E-state index is 0. The van der Waals surface area contributed by atoms with Gasteiger partial charge in [-0.25, -0.2) is 0 Å². The lowest BCUT2D eigenvalue weighted by Crippen LogP contribution is -2.43. The lowest BCUT2D eigenvalue weighted by atomic mass is 9.89. The number of nitrogens with zero attached hydrogens (tertiary/aromatic N) is 10. The first-order valence-electron chi connectivity index (χ1n) is 44.7. The maximum absolute atomic E-state index is 5.28. The summed E-state index contributed by atoms with van der Waals surface area (Å²) in [5, 5.41) is 13.8. The SMILES string of the molecule is C.CC(C)CC1CCNCC1.CC(C)CC1CCOCC1.CC(C)N(C)C.CC(C)N1C2CCCC1CC2.CC(C)N1CC2CNCC2C1.CC(C)N1CC=CC1.CC(C)N1CCC1.CC(C)N1CCCC1.CC(C)N1CCCCC1.CC(C)N1CCOCC1.CC(C)N1Cc2cn[nH]c2C1.CCC(C)C. The van der Waals surface area contributed by atoms with Crippen LogP contribution in [0.5, 0.6) is 0 Å². The van der Waals surface area contributed by atoms with E-state index >= 15 is 0 Å². The van der Waals surface area contributed by atoms with Crippen LogP contribution in [0, 0.1) is 41.4 Å². The molecule has 0 aliphatic carbocycles. The van der Waals surface area contributed by atoms with Crippen molar-refractivity contribution in [3.8, 4) is 0 Å². The summed E-state index contributed by atoms with van der Waals surface area (Å²) < 4.78 is 10.5. The van der Waals surface area contributed by atoms with E-state index in [9.17, 15) is 0 Å². The number of likely N-dealkylation sites (tertiary alicyclic amines) is 4. The van der Waals surface area contributed by atoms with E-state index in [0.29, 0.717) is 24.2 Å². The quantitative estimate of drug-likeness (QED) is 0.154. The van der Waals surface area contributed by atoms with Gasteiger partial charge in [-0.2, -0.15) is 5.10 Å². The molecule has 12 aliphatic rings. The van der Waals surface area contributed by atoms with Crippen molar-refractivity contribution in [1.29, 1.82) is 0 Å². The zero-order valence-corrected chi connectivity index (χ0v) is 75.2. The van der Waals surface area contributed by atoms with Gasteiger partial charge < -0.3 is 44.6 Å². The van der Waals surface area contributed by atoms with E-state index in [-0.39, 0.29) is 7.43 Å². The van der Waals surface area contributed by atoms with Crippen molar-refractivity contribution in [3.05, 3.63) is 29.6 Å². The highest BCUT2D eigenvalue weighted by Gasteiger charge is 2.38. The summed E-state index contributed by atoms with van der Waals surface area (Å²) in [6.07, 6.45) is 31.8. The standard InChI is InChI=1S/C10H19N.C9H18N2.C9H19N.C9H18O.C8H13N3.C8H17N.C7H15NO.C7H15N.C7H13N.C6H13N.C5H13N.C5H12.CH4/c1-8(2)11-9-4-3-5-10(11)7-6-9;1-7(2)11-5-8-3-10-4-9(8)6-11;2*1-8(2)7-9-3-5-10-6-4-9;1-6(2)11-4-7-3-9-10-8(7)5-11;1-8(2)9-6-4-3-5-7-9;1-7(2)8-3-5-9-6-4-8;2*1-7(2)8-5-3-4-6-8;1-6(2)7-4-3-5-7;1-5(2)6(3)4;1-4-5(2)3;/h8-10H,3-7H2,1-2H3;7-10H,3-6H2,1-2H3;8-10H,3-7H2,1-2H3;8-9H,3-7H2,1-2H3;3,6H,4-5H2,1-2H3,(H,9,10);8H,3-7H2,1-2H3;7H,3-6H2,1-2H3;7H,3-6H2,1-2H3;3-4,7H,5-6H2,1-2H3;6H,3-5H2,1-2H3;5H,1-4H3;5H,4H2,1-3H3;1H4. The Hall–Kier alpha value is -1.57. The smallest absolute Gasteiger partial charge is 0.0594 e. The van der Waals surface area contributed by atoms with Crippen LogP contribution in [0.1, 0.15) is 307 Å². The summed E-state index contributed by atoms with van der Waals surface area (Å²) in [4.78, 5) is 22.4. The molecule has 630 valence electrons. The van der Waals surface area contributed by atoms with Gasteiger partial charge in [-0.3, -0.25) is 24.7 Å². The van der Waals surface area contributed by atoms with Gasteiger partial charge >= 0.3 is 0 Å². The monoisotopic (exact) mass is 1500 g/mol. The zero-order valence-electron chi connectivity index (χ0n) is 75.2. The summed E-state index contributed by atoms with van der Waals surface area (Å²) in [5.41, 5.74) is 2.65. The number of hydrogen-bond acceptors (Lipinski definition) is 14. The average Bonchev–Trinajstić information content (AvgIpc) is 1.66. The molecule has 106 heavy (non-hydrogen) atoms. The van der Waals surface area contributed by atoms with Crippen LogP contribution in [-0.2, 0) is 22.6 Å². The second kappa shape index (κ2) is 60.0. The third-order valence-corrected chi connectivity index (χ3v) is 24.0. The topological polar surface area (TPSA) is 100 Å². The Labute approximate surface area is 662 Å². The first kappa shape index (κ1) is 102. The molecule has 0 aromatic carbocycles. The van der Waals surface area contributed by atoms with Crippen LogP contribution >= 0.6 is 0 Å². The van der Waals surface area contributed by atoms with E-state index in [2.05, 4.69) is 264 Å². The third-order valence-electron chi connectivity index (χ3n) is 24.0. The van der Waals surface area contributed by atoms with Crippen LogP contribution in [0.3, 0.4) is 0 Å². The third kappa shape index (κ3) is 46.0. The number of piperidine rings is 3. The molecule has 1 aromatic heterocycles. The van der Waals surface area contributed by atoms with E-state index in [0.717, 1.165) is 149 Å². The molecule has 0 amide bonds. The van der Waals surface area contributed by atoms with Crippen LogP contribution in [-0.4, -0.2) is 266 Å². The van der Waals surface area contributed by atoms with Crippen LogP contribution < -0.4 is 10.6 Å². The van der Waals surface area contributed by atoms with Crippen molar-refractivity contribution in [1.82, 2.24) is 64.9 Å². The van der Waals surface area contributed by atoms with Crippen molar-refractivity contribution < 1.29 is 9.47 Å². The van der Waals surface area contributed by atoms with Crippen molar-refractivity contribution in [2.24, 2.45) is 41.4 Å². The highest BCUT2D eigenvalue weighted by atomic mass is 16.5. The van der Waals surface area contributed by atoms with Crippen LogP contribution in [0.25, 0.3) is 0 Å². The average molecular weight is 1500 g/mol. The highest BCUT2D eigenvalue weighted by Crippen LogP contribution is 2.37. The minimum absolute atomic E-state index is 0. The molecule has 0 radical (unpaired) electrons. The number of aromatic amines is 1. The van der Waals surface area contributed by atoms with Gasteiger partial charge in [-0.05, 0) is 342 Å². The van der Waals surface area contributed by atoms with Gasteiger partial charge in [0.2, 0.25) is 0 Å². The summed E-state index contributed by atoms with van der Waals surface area (Å²) in [6, 6.07) is 8.49. The second-order valence-electron chi connectivity index (χ2n) is 37.1. The summed E-state index contributed by atoms with van der Waals surface area (Å²) >= 11 is 0. The van der Waals surface area contributed by atoms with E-state index in [1.165, 1.54) is 205 Å². The van der Waals surface area contributed by atoms with E-state index in [4.69, 9.17) is 9.47 Å². The number of ether oxygens (including phenoxy) is 2. The molecule has 0 saturated carbocycles. The van der Waals surface area contributed by atoms with Crippen molar-refractivity contribution >= 4 is 0 Å². The molecule has 15 nitrogen and oxygen atoms in total. The maximum Gasteiger partial charge on any atom is 0.0594 e. The lowest BCUT2D eigenvalue weighted by molar-refractivity contribution is 0.0238. The van der Waals surface area contributed by atoms with Gasteiger partial charge in [-0.15, -0.1) is 0 Å². The van der Waals surface area contributed by atoms with E-state index in [1.807, 2.05) is 6.20 Å². The van der Waals surface area contributed by atoms with E-state index in [1.54, 1.807) is 0 Å². The number of morpholine rings is 1. The zero-order chi connectivity index (χ0) is 78.4. The van der Waals surface area contributed by atoms with Crippen molar-refractivity contribution in [3.63, 3.8) is 0 Å². The Morgan fingerprint density at radius 1 is 0.415 bits per heavy atom. The molecule has 13 heterocycles. The molecule has 15 heteroatoms. The molecule has 4 unspecified atom stereocenters. The van der Waals surface area contributed by atoms with Gasteiger partial charge in [0.05, 0.1) is 25.1 Å². The Balaban J connectivity index is 0.000000581. The van der Waals surface area contributed by atoms with Gasteiger partial charge in [0.15, 0.2) is 0 Å². The molecule has 13 rings (SSSR count). The molecule has 0 spiro atoms. The summed E-state index contributed by atoms with van der Waals surface area (Å²) in [5.74, 6) is 6.52. The Morgan fingerprint density at radius 3 is 1.12 bits per heavy atom. The van der Waals surface area contributed by atoms with Gasteiger partial charge in [-0.1, -0.05) is 87.3 Å². The molecule has 12 aliphatic heterocycles. The molecule has 4 atom stereocenters. The molecule has 10 saturated heterocycles. The summed E-state index contributed by atoms with van der Waals surface area (Å²) in [7, 11) is 4.15. The second-order valence-corrected chi connectivity index (χ2v) is 37.1. The number of aromatic nitrogens is 2. The largest absolute Gasteiger partial charge is 0.381 e. The molecule has 2 bridgehead atoms. The number of hydrogen-bond donors (Lipinski definition) is 3. The fourth-order valence-electron chi connectivity index (χ4n) is 15.8. The fraction of sp³-hybridized carbons (Fsp3) is 0.945. The van der Waals surface area contributed by atoms with Crippen molar-refractivity contribution in [2.45, 2.75) is 376 Å². The first-order valence-corrected chi connectivity index (χ1v) is 44.7. The first-order chi connectivity index (χ1) is 49.8. The predicted octanol–water partition coefficient (Wildman–Crippen LogP) is 18.7. The molecular formula is C91H189N13O2. The van der Waals surface area contributed by atoms with Gasteiger partial charge in [0, 0.05) is 138 Å². The lowest BCUT2D eigenvalue weighted by Gasteiger charge is -2.37. The van der Waals surface area contributed by atoms with Crippen LogP contribution in [0.2, 0.25) is 0 Å². The number of H-pyrrole nitrogens is 1. The van der Waals surface area contributed by atoms with E-state index < -0.39 is 0 Å². The number of fused-ring (bicyclic) bond motifs is 4. The molecule has 3 N–H and O–H groups in total. The maximum atomic E-state index is 5.28. The Bertz CT molecular complexity index is 2030. The Morgan fingerprint density at radius 2 is 0.802 bits per heavy atom. The molecule has 10 fully saturated rings. The molecular weight excluding hydrogens is 1310 g/mol. The van der Waals surface area contributed by atoms with Crippen LogP contribution in [0.15, 0.2) is 18.3 Å². The molecule has 1 aromatic rings. The minimum Gasteiger partial charge on any atom is -0.381 e. The normalized spacial score (nSPS) is 23.7. The predicted molar refractivity (Wildman–Crippen MR) is 467 cm³/mol. The van der Waals surface area contributed by atoms with Gasteiger partial charge in [0.1, 0.15) is 0 Å².